The zero-order valence-corrected chi connectivity index (χ0v) is 11.4. The van der Waals surface area contributed by atoms with E-state index in [4.69, 9.17) is 9.88 Å². The van der Waals surface area contributed by atoms with Crippen LogP contribution in [0.1, 0.15) is 11.1 Å². The molecule has 19 heavy (non-hydrogen) atoms. The number of ether oxygens (including phenoxy) is 1. The molecule has 4 nitrogen and oxygen atoms in total. The molecule has 2 aromatic carbocycles. The van der Waals surface area contributed by atoms with Crippen molar-refractivity contribution in [3.05, 3.63) is 59.7 Å². The van der Waals surface area contributed by atoms with Crippen LogP contribution in [-0.2, 0) is 16.6 Å². The third-order valence-corrected chi connectivity index (χ3v) is 3.70. The molecule has 0 saturated carbocycles. The lowest BCUT2D eigenvalue weighted by atomic mass is 10.1. The molecular formula is C14H15NO3S. The summed E-state index contributed by atoms with van der Waals surface area (Å²) in [7, 11) is -3.70. The van der Waals surface area contributed by atoms with Crippen LogP contribution in [0.3, 0.4) is 0 Å². The Morgan fingerprint density at radius 2 is 1.84 bits per heavy atom. The molecule has 2 N–H and O–H groups in total. The standard InChI is InChI=1S/C14H15NO3S/c1-11-5-2-3-6-12(11)10-18-13-7-4-8-14(9-13)19(15,16)17/h2-9H,10H2,1H3,(H2,15,16,17). The fourth-order valence-electron chi connectivity index (χ4n) is 1.67. The molecule has 0 aliphatic heterocycles. The molecule has 2 aromatic rings. The van der Waals surface area contributed by atoms with Gasteiger partial charge >= 0.3 is 0 Å². The third kappa shape index (κ3) is 3.56. The molecule has 0 amide bonds. The highest BCUT2D eigenvalue weighted by molar-refractivity contribution is 7.89. The molecule has 5 heteroatoms. The van der Waals surface area contributed by atoms with E-state index in [1.807, 2.05) is 31.2 Å². The summed E-state index contributed by atoms with van der Waals surface area (Å²) in [6.07, 6.45) is 0. The monoisotopic (exact) mass is 277 g/mol. The number of aryl methyl sites for hydroxylation is 1. The van der Waals surface area contributed by atoms with Gasteiger partial charge < -0.3 is 4.74 Å². The highest BCUT2D eigenvalue weighted by Gasteiger charge is 2.08. The van der Waals surface area contributed by atoms with Crippen LogP contribution in [0.15, 0.2) is 53.4 Å². The Labute approximate surface area is 112 Å². The van der Waals surface area contributed by atoms with E-state index in [-0.39, 0.29) is 4.90 Å². The molecule has 0 saturated heterocycles. The fraction of sp³-hybridized carbons (Fsp3) is 0.143. The van der Waals surface area contributed by atoms with Crippen molar-refractivity contribution in [3.8, 4) is 5.75 Å². The Hall–Kier alpha value is -1.85. The highest BCUT2D eigenvalue weighted by atomic mass is 32.2. The Kier molecular flexibility index (Phi) is 3.87. The second kappa shape index (κ2) is 5.42. The number of hydrogen-bond acceptors (Lipinski definition) is 3. The van der Waals surface area contributed by atoms with Gasteiger partial charge in [-0.1, -0.05) is 30.3 Å². The average molecular weight is 277 g/mol. The number of sulfonamides is 1. The lowest BCUT2D eigenvalue weighted by Crippen LogP contribution is -2.12. The first-order valence-corrected chi connectivity index (χ1v) is 7.31. The van der Waals surface area contributed by atoms with Gasteiger partial charge in [-0.15, -0.1) is 0 Å². The first kappa shape index (κ1) is 13.6. The van der Waals surface area contributed by atoms with Gasteiger partial charge in [0.25, 0.3) is 0 Å². The first-order valence-electron chi connectivity index (χ1n) is 5.77. The lowest BCUT2D eigenvalue weighted by molar-refractivity contribution is 0.304. The summed E-state index contributed by atoms with van der Waals surface area (Å²) >= 11 is 0. The van der Waals surface area contributed by atoms with Crippen LogP contribution in [-0.4, -0.2) is 8.42 Å². The summed E-state index contributed by atoms with van der Waals surface area (Å²) in [5.74, 6) is 0.481. The summed E-state index contributed by atoms with van der Waals surface area (Å²) in [6, 6.07) is 14.0. The predicted molar refractivity (Wildman–Crippen MR) is 73.3 cm³/mol. The second-order valence-electron chi connectivity index (χ2n) is 4.24. The van der Waals surface area contributed by atoms with Crippen molar-refractivity contribution >= 4 is 10.0 Å². The highest BCUT2D eigenvalue weighted by Crippen LogP contribution is 2.18. The Morgan fingerprint density at radius 1 is 1.11 bits per heavy atom. The van der Waals surface area contributed by atoms with Crippen molar-refractivity contribution in [2.24, 2.45) is 5.14 Å². The maximum Gasteiger partial charge on any atom is 0.238 e. The SMILES string of the molecule is Cc1ccccc1COc1cccc(S(N)(=O)=O)c1. The topological polar surface area (TPSA) is 69.4 Å². The third-order valence-electron chi connectivity index (χ3n) is 2.79. The van der Waals surface area contributed by atoms with Crippen molar-refractivity contribution < 1.29 is 13.2 Å². The van der Waals surface area contributed by atoms with Gasteiger partial charge in [0.05, 0.1) is 4.90 Å². The van der Waals surface area contributed by atoms with E-state index in [0.29, 0.717) is 12.4 Å². The molecule has 0 spiro atoms. The van der Waals surface area contributed by atoms with Crippen LogP contribution in [0, 0.1) is 6.92 Å². The maximum atomic E-state index is 11.2. The molecule has 0 aromatic heterocycles. The van der Waals surface area contributed by atoms with Gasteiger partial charge in [-0.25, -0.2) is 13.6 Å². The Balaban J connectivity index is 2.15. The van der Waals surface area contributed by atoms with Gasteiger partial charge in [-0.05, 0) is 30.2 Å². The van der Waals surface area contributed by atoms with E-state index in [1.165, 1.54) is 12.1 Å². The van der Waals surface area contributed by atoms with Crippen molar-refractivity contribution in [1.82, 2.24) is 0 Å². The fourth-order valence-corrected chi connectivity index (χ4v) is 2.22. The number of primary sulfonamides is 1. The number of nitrogens with two attached hydrogens (primary N) is 1. The lowest BCUT2D eigenvalue weighted by Gasteiger charge is -2.09. The molecule has 0 aliphatic rings. The van der Waals surface area contributed by atoms with Crippen LogP contribution in [0.25, 0.3) is 0 Å². The zero-order valence-electron chi connectivity index (χ0n) is 10.5. The van der Waals surface area contributed by atoms with E-state index in [1.54, 1.807) is 12.1 Å². The van der Waals surface area contributed by atoms with Crippen molar-refractivity contribution in [2.75, 3.05) is 0 Å². The number of benzene rings is 2. The van der Waals surface area contributed by atoms with E-state index in [0.717, 1.165) is 11.1 Å². The average Bonchev–Trinajstić information content (AvgIpc) is 2.37. The molecule has 0 fully saturated rings. The van der Waals surface area contributed by atoms with Gasteiger partial charge in [0.2, 0.25) is 10.0 Å². The molecule has 0 atom stereocenters. The Morgan fingerprint density at radius 3 is 2.53 bits per heavy atom. The van der Waals surface area contributed by atoms with Gasteiger partial charge in [-0.3, -0.25) is 0 Å². The van der Waals surface area contributed by atoms with Crippen molar-refractivity contribution in [3.63, 3.8) is 0 Å². The molecule has 0 bridgehead atoms. The van der Waals surface area contributed by atoms with Gasteiger partial charge in [0, 0.05) is 6.07 Å². The summed E-state index contributed by atoms with van der Waals surface area (Å²) in [4.78, 5) is 0.0507. The van der Waals surface area contributed by atoms with Crippen LogP contribution in [0.4, 0.5) is 0 Å². The van der Waals surface area contributed by atoms with E-state index >= 15 is 0 Å². The maximum absolute atomic E-state index is 11.2. The van der Waals surface area contributed by atoms with Crippen LogP contribution in [0.5, 0.6) is 5.75 Å². The Bertz CT molecular complexity index is 681. The summed E-state index contributed by atoms with van der Waals surface area (Å²) in [6.45, 7) is 2.39. The van der Waals surface area contributed by atoms with Gasteiger partial charge in [0.15, 0.2) is 0 Å². The molecule has 0 unspecified atom stereocenters. The normalized spacial score (nSPS) is 11.3. The number of rotatable bonds is 4. The molecule has 0 heterocycles. The minimum Gasteiger partial charge on any atom is -0.489 e. The van der Waals surface area contributed by atoms with Crippen LogP contribution >= 0.6 is 0 Å². The summed E-state index contributed by atoms with van der Waals surface area (Å²) < 4.78 is 28.1. The molecule has 0 aliphatic carbocycles. The molecular weight excluding hydrogens is 262 g/mol. The predicted octanol–water partition coefficient (Wildman–Crippen LogP) is 2.22. The summed E-state index contributed by atoms with van der Waals surface area (Å²) in [5, 5.41) is 5.07. The van der Waals surface area contributed by atoms with Crippen LogP contribution in [0.2, 0.25) is 0 Å². The van der Waals surface area contributed by atoms with E-state index in [9.17, 15) is 8.42 Å². The second-order valence-corrected chi connectivity index (χ2v) is 5.80. The quantitative estimate of drug-likeness (QED) is 0.931. The smallest absolute Gasteiger partial charge is 0.238 e. The molecule has 2 rings (SSSR count). The molecule has 0 radical (unpaired) electrons. The van der Waals surface area contributed by atoms with Crippen molar-refractivity contribution in [2.45, 2.75) is 18.4 Å². The van der Waals surface area contributed by atoms with Gasteiger partial charge in [-0.2, -0.15) is 0 Å². The van der Waals surface area contributed by atoms with Gasteiger partial charge in [0.1, 0.15) is 12.4 Å². The van der Waals surface area contributed by atoms with E-state index < -0.39 is 10.0 Å². The minimum atomic E-state index is -3.70. The summed E-state index contributed by atoms with van der Waals surface area (Å²) in [5.41, 5.74) is 2.19. The first-order chi connectivity index (χ1) is 8.97. The zero-order chi connectivity index (χ0) is 13.9. The van der Waals surface area contributed by atoms with Crippen LogP contribution < -0.4 is 9.88 Å². The van der Waals surface area contributed by atoms with E-state index in [2.05, 4.69) is 0 Å². The largest absolute Gasteiger partial charge is 0.489 e. The number of hydrogen-bond donors (Lipinski definition) is 1. The molecule has 100 valence electrons. The minimum absolute atomic E-state index is 0.0507. The van der Waals surface area contributed by atoms with Crippen molar-refractivity contribution in [1.29, 1.82) is 0 Å².